The number of nitrogens with one attached hydrogen (secondary N) is 2. The summed E-state index contributed by atoms with van der Waals surface area (Å²) in [4.78, 5) is 49.9. The summed E-state index contributed by atoms with van der Waals surface area (Å²) in [6.07, 6.45) is 4.00. The summed E-state index contributed by atoms with van der Waals surface area (Å²) in [5.74, 6) is -2.03. The van der Waals surface area contributed by atoms with Crippen LogP contribution in [0, 0.1) is 5.92 Å². The number of carbonyl (C=O) groups is 4. The van der Waals surface area contributed by atoms with Gasteiger partial charge in [0.15, 0.2) is 6.61 Å². The molecular formula is C21H27N3O5. The number of likely N-dealkylation sites (tertiary alicyclic amines) is 1. The van der Waals surface area contributed by atoms with E-state index in [0.29, 0.717) is 0 Å². The lowest BCUT2D eigenvalue weighted by Crippen LogP contribution is -2.45. The molecule has 8 nitrogen and oxygen atoms in total. The largest absolute Gasteiger partial charge is 0.455 e. The molecule has 2 aliphatic rings. The molecule has 1 heterocycles. The standard InChI is InChI=1S/C21H27N3O5/c1-14(15-7-3-2-4-8-15)24-12-16(11-19(24)26)20(27)29-13-18(25)23-21(28)22-17-9-5-6-10-17/h2-4,7-8,14,16-17H,5-6,9-13H2,1H3,(H2,22,23,25,28)/t14-,16+/m0/s1. The molecule has 3 rings (SSSR count). The highest BCUT2D eigenvalue weighted by Gasteiger charge is 2.38. The van der Waals surface area contributed by atoms with Gasteiger partial charge in [-0.25, -0.2) is 4.79 Å². The Balaban J connectivity index is 1.43. The molecule has 8 heteroatoms. The first-order chi connectivity index (χ1) is 13.9. The monoisotopic (exact) mass is 401 g/mol. The molecule has 0 aromatic heterocycles. The van der Waals surface area contributed by atoms with Gasteiger partial charge in [-0.2, -0.15) is 0 Å². The molecule has 2 atom stereocenters. The van der Waals surface area contributed by atoms with Crippen molar-refractivity contribution in [1.82, 2.24) is 15.5 Å². The zero-order valence-electron chi connectivity index (χ0n) is 16.6. The molecule has 0 unspecified atom stereocenters. The predicted octanol–water partition coefficient (Wildman–Crippen LogP) is 1.91. The first-order valence-corrected chi connectivity index (χ1v) is 10.1. The van der Waals surface area contributed by atoms with E-state index in [2.05, 4.69) is 10.6 Å². The van der Waals surface area contributed by atoms with Crippen LogP contribution in [0.5, 0.6) is 0 Å². The topological polar surface area (TPSA) is 105 Å². The Morgan fingerprint density at radius 1 is 1.17 bits per heavy atom. The van der Waals surface area contributed by atoms with Crippen molar-refractivity contribution in [2.24, 2.45) is 5.92 Å². The zero-order chi connectivity index (χ0) is 20.8. The van der Waals surface area contributed by atoms with E-state index in [1.165, 1.54) is 0 Å². The van der Waals surface area contributed by atoms with Crippen LogP contribution in [-0.2, 0) is 19.1 Å². The molecule has 0 radical (unpaired) electrons. The van der Waals surface area contributed by atoms with Gasteiger partial charge in [-0.05, 0) is 25.3 Å². The highest BCUT2D eigenvalue weighted by atomic mass is 16.5. The molecule has 4 amide bonds. The molecular weight excluding hydrogens is 374 g/mol. The van der Waals surface area contributed by atoms with E-state index in [-0.39, 0.29) is 31.0 Å². The number of hydrogen-bond donors (Lipinski definition) is 2. The van der Waals surface area contributed by atoms with Crippen LogP contribution in [0.15, 0.2) is 30.3 Å². The number of urea groups is 1. The van der Waals surface area contributed by atoms with Crippen LogP contribution in [0.4, 0.5) is 4.79 Å². The lowest BCUT2D eigenvalue weighted by atomic mass is 10.1. The number of benzene rings is 1. The second-order valence-corrected chi connectivity index (χ2v) is 7.64. The maximum atomic E-state index is 12.3. The Bertz CT molecular complexity index is 761. The number of hydrogen-bond acceptors (Lipinski definition) is 5. The molecule has 1 saturated heterocycles. The molecule has 0 spiro atoms. The molecule has 1 aromatic rings. The molecule has 2 fully saturated rings. The minimum absolute atomic E-state index is 0.0553. The Hall–Kier alpha value is -2.90. The van der Waals surface area contributed by atoms with Gasteiger partial charge in [-0.15, -0.1) is 0 Å². The molecule has 1 aliphatic heterocycles. The van der Waals surface area contributed by atoms with Crippen molar-refractivity contribution in [3.8, 4) is 0 Å². The van der Waals surface area contributed by atoms with Crippen LogP contribution >= 0.6 is 0 Å². The average Bonchev–Trinajstić information content (AvgIpc) is 3.35. The Kier molecular flexibility index (Phi) is 6.85. The van der Waals surface area contributed by atoms with Crippen LogP contribution in [0.2, 0.25) is 0 Å². The average molecular weight is 401 g/mol. The highest BCUT2D eigenvalue weighted by molar-refractivity contribution is 5.96. The van der Waals surface area contributed by atoms with Crippen molar-refractivity contribution >= 4 is 23.8 Å². The fourth-order valence-corrected chi connectivity index (χ4v) is 3.88. The Labute approximate surface area is 170 Å². The van der Waals surface area contributed by atoms with E-state index in [0.717, 1.165) is 31.2 Å². The zero-order valence-corrected chi connectivity index (χ0v) is 16.6. The van der Waals surface area contributed by atoms with Gasteiger partial charge in [-0.1, -0.05) is 43.2 Å². The fourth-order valence-electron chi connectivity index (χ4n) is 3.88. The summed E-state index contributed by atoms with van der Waals surface area (Å²) in [5, 5.41) is 4.90. The van der Waals surface area contributed by atoms with Crippen LogP contribution < -0.4 is 10.6 Å². The van der Waals surface area contributed by atoms with E-state index in [4.69, 9.17) is 4.74 Å². The van der Waals surface area contributed by atoms with Gasteiger partial charge in [0.05, 0.1) is 12.0 Å². The van der Waals surface area contributed by atoms with Crippen molar-refractivity contribution in [2.75, 3.05) is 13.2 Å². The van der Waals surface area contributed by atoms with Crippen molar-refractivity contribution < 1.29 is 23.9 Å². The van der Waals surface area contributed by atoms with E-state index in [1.807, 2.05) is 37.3 Å². The number of amides is 4. The first kappa shape index (κ1) is 20.8. The second-order valence-electron chi connectivity index (χ2n) is 7.64. The van der Waals surface area contributed by atoms with E-state index in [1.54, 1.807) is 4.90 Å². The molecule has 29 heavy (non-hydrogen) atoms. The third kappa shape index (κ3) is 5.56. The van der Waals surface area contributed by atoms with Crippen LogP contribution in [0.25, 0.3) is 0 Å². The van der Waals surface area contributed by atoms with Gasteiger partial charge < -0.3 is 15.0 Å². The molecule has 1 aromatic carbocycles. The summed E-state index contributed by atoms with van der Waals surface area (Å²) in [6, 6.07) is 8.95. The number of nitrogens with zero attached hydrogens (tertiary/aromatic N) is 1. The summed E-state index contributed by atoms with van der Waals surface area (Å²) < 4.78 is 5.03. The van der Waals surface area contributed by atoms with Crippen molar-refractivity contribution in [3.63, 3.8) is 0 Å². The van der Waals surface area contributed by atoms with Crippen molar-refractivity contribution in [2.45, 2.75) is 51.1 Å². The van der Waals surface area contributed by atoms with Crippen LogP contribution in [-0.4, -0.2) is 47.9 Å². The predicted molar refractivity (Wildman–Crippen MR) is 105 cm³/mol. The molecule has 0 bridgehead atoms. The number of carbonyl (C=O) groups excluding carboxylic acids is 4. The van der Waals surface area contributed by atoms with Gasteiger partial charge in [-0.3, -0.25) is 19.7 Å². The highest BCUT2D eigenvalue weighted by Crippen LogP contribution is 2.28. The van der Waals surface area contributed by atoms with Crippen LogP contribution in [0.1, 0.15) is 50.6 Å². The smallest absolute Gasteiger partial charge is 0.321 e. The SMILES string of the molecule is C[C@@H](c1ccccc1)N1C[C@H](C(=O)OCC(=O)NC(=O)NC2CCCC2)CC1=O. The van der Waals surface area contributed by atoms with Gasteiger partial charge in [0.1, 0.15) is 0 Å². The third-order valence-corrected chi connectivity index (χ3v) is 5.53. The van der Waals surface area contributed by atoms with Gasteiger partial charge in [0.2, 0.25) is 5.91 Å². The van der Waals surface area contributed by atoms with Crippen LogP contribution in [0.3, 0.4) is 0 Å². The van der Waals surface area contributed by atoms with Crippen molar-refractivity contribution in [1.29, 1.82) is 0 Å². The molecule has 156 valence electrons. The number of rotatable bonds is 6. The minimum Gasteiger partial charge on any atom is -0.455 e. The van der Waals surface area contributed by atoms with Crippen molar-refractivity contribution in [3.05, 3.63) is 35.9 Å². The summed E-state index contributed by atoms with van der Waals surface area (Å²) in [6.45, 7) is 1.62. The van der Waals surface area contributed by atoms with E-state index >= 15 is 0 Å². The number of imide groups is 1. The van der Waals surface area contributed by atoms with Gasteiger partial charge >= 0.3 is 12.0 Å². The maximum absolute atomic E-state index is 12.3. The summed E-state index contributed by atoms with van der Waals surface area (Å²) in [7, 11) is 0. The lowest BCUT2D eigenvalue weighted by Gasteiger charge is -2.25. The third-order valence-electron chi connectivity index (χ3n) is 5.53. The molecule has 2 N–H and O–H groups in total. The number of ether oxygens (including phenoxy) is 1. The Morgan fingerprint density at radius 3 is 2.55 bits per heavy atom. The lowest BCUT2D eigenvalue weighted by molar-refractivity contribution is -0.152. The second kappa shape index (κ2) is 9.54. The normalized spacial score (nSPS) is 20.4. The first-order valence-electron chi connectivity index (χ1n) is 10.1. The summed E-state index contributed by atoms with van der Waals surface area (Å²) in [5.41, 5.74) is 0.988. The van der Waals surface area contributed by atoms with Gasteiger partial charge in [0, 0.05) is 19.0 Å². The van der Waals surface area contributed by atoms with Gasteiger partial charge in [0.25, 0.3) is 5.91 Å². The van der Waals surface area contributed by atoms with E-state index < -0.39 is 30.4 Å². The Morgan fingerprint density at radius 2 is 1.86 bits per heavy atom. The van der Waals surface area contributed by atoms with E-state index in [9.17, 15) is 19.2 Å². The minimum atomic E-state index is -0.687. The number of esters is 1. The fraction of sp³-hybridized carbons (Fsp3) is 0.524. The quantitative estimate of drug-likeness (QED) is 0.709. The molecule has 1 saturated carbocycles. The maximum Gasteiger partial charge on any atom is 0.321 e. The summed E-state index contributed by atoms with van der Waals surface area (Å²) >= 11 is 0. The molecule has 1 aliphatic carbocycles.